The van der Waals surface area contributed by atoms with Gasteiger partial charge in [0, 0.05) is 45.5 Å². The highest BCUT2D eigenvalue weighted by molar-refractivity contribution is 14.1. The van der Waals surface area contributed by atoms with E-state index in [4.69, 9.17) is 0 Å². The number of alkyl halides is 1. The second-order valence-electron chi connectivity index (χ2n) is 11.3. The lowest BCUT2D eigenvalue weighted by molar-refractivity contribution is 0.0952. The van der Waals surface area contributed by atoms with Gasteiger partial charge in [0.25, 0.3) is 5.91 Å². The molecule has 0 aliphatic carbocycles. The predicted octanol–water partition coefficient (Wildman–Crippen LogP) is 7.88. The topological polar surface area (TPSA) is 48.5 Å². The van der Waals surface area contributed by atoms with E-state index in [1.807, 2.05) is 12.1 Å². The molecule has 1 aromatic rings. The first-order valence-corrected chi connectivity index (χ1v) is 16.9. The molecule has 1 amide bonds. The first-order chi connectivity index (χ1) is 18.1. The van der Waals surface area contributed by atoms with Crippen LogP contribution < -0.4 is 10.2 Å². The van der Waals surface area contributed by atoms with Crippen LogP contribution in [-0.2, 0) is 0 Å². The average Bonchev–Trinajstić information content (AvgIpc) is 2.90. The van der Waals surface area contributed by atoms with E-state index in [0.29, 0.717) is 11.5 Å². The fraction of sp³-hybridized carbons (Fsp3) is 0.806. The molecule has 1 saturated heterocycles. The van der Waals surface area contributed by atoms with Gasteiger partial charge in [-0.2, -0.15) is 0 Å². The highest BCUT2D eigenvalue weighted by Gasteiger charge is 2.18. The molecule has 0 saturated carbocycles. The third-order valence-corrected chi connectivity index (χ3v) is 8.19. The molecule has 212 valence electrons. The molecule has 1 N–H and O–H groups in total. The number of unbranched alkanes of at least 4 members (excludes halogenated alkanes) is 14. The summed E-state index contributed by atoms with van der Waals surface area (Å²) in [6.07, 6.45) is 22.2. The van der Waals surface area contributed by atoms with Crippen molar-refractivity contribution >= 4 is 34.3 Å². The number of halogens is 1. The number of pyridine rings is 1. The van der Waals surface area contributed by atoms with Gasteiger partial charge in [0.15, 0.2) is 0 Å². The van der Waals surface area contributed by atoms with Crippen molar-refractivity contribution in [3.8, 4) is 0 Å². The molecule has 1 aliphatic rings. The molecule has 1 aromatic heterocycles. The predicted molar refractivity (Wildman–Crippen MR) is 168 cm³/mol. The molecule has 1 fully saturated rings. The van der Waals surface area contributed by atoms with Crippen molar-refractivity contribution in [1.29, 1.82) is 0 Å². The minimum Gasteiger partial charge on any atom is -0.354 e. The summed E-state index contributed by atoms with van der Waals surface area (Å²) in [5, 5.41) is 3.07. The highest BCUT2D eigenvalue weighted by Crippen LogP contribution is 2.16. The molecule has 0 unspecified atom stereocenters. The summed E-state index contributed by atoms with van der Waals surface area (Å²) in [6.45, 7) is 10.7. The maximum Gasteiger partial charge on any atom is 0.252 e. The van der Waals surface area contributed by atoms with Crippen molar-refractivity contribution in [2.45, 2.75) is 110 Å². The van der Waals surface area contributed by atoms with Gasteiger partial charge in [-0.15, -0.1) is 0 Å². The summed E-state index contributed by atoms with van der Waals surface area (Å²) >= 11 is 2.48. The standard InChI is InChI=1S/C31H55IN4O/c1-28(2)27-35-22-24-36(25-23-35)30-19-18-29(26-34-30)31(37)33-21-17-15-13-11-9-7-5-3-4-6-8-10-12-14-16-20-32/h18-19,26,28H,3-17,20-25,27H2,1-2H3,(H,33,37). The summed E-state index contributed by atoms with van der Waals surface area (Å²) in [7, 11) is 0. The largest absolute Gasteiger partial charge is 0.354 e. The molecule has 0 atom stereocenters. The van der Waals surface area contributed by atoms with Crippen LogP contribution in [0, 0.1) is 5.92 Å². The molecule has 0 aromatic carbocycles. The first-order valence-electron chi connectivity index (χ1n) is 15.4. The summed E-state index contributed by atoms with van der Waals surface area (Å²) < 4.78 is 1.32. The quantitative estimate of drug-likeness (QED) is 0.0857. The van der Waals surface area contributed by atoms with Gasteiger partial charge in [-0.05, 0) is 35.3 Å². The van der Waals surface area contributed by atoms with Crippen molar-refractivity contribution in [3.05, 3.63) is 23.9 Å². The van der Waals surface area contributed by atoms with Crippen molar-refractivity contribution in [2.75, 3.05) is 48.6 Å². The Balaban J connectivity index is 1.41. The first kappa shape index (κ1) is 32.3. The molecule has 6 heteroatoms. The van der Waals surface area contributed by atoms with Crippen LogP contribution in [0.3, 0.4) is 0 Å². The molecule has 0 bridgehead atoms. The molecular weight excluding hydrogens is 571 g/mol. The number of amides is 1. The number of aromatic nitrogens is 1. The van der Waals surface area contributed by atoms with Gasteiger partial charge in [-0.1, -0.05) is 120 Å². The molecule has 37 heavy (non-hydrogen) atoms. The van der Waals surface area contributed by atoms with Gasteiger partial charge in [-0.3, -0.25) is 9.69 Å². The Hall–Kier alpha value is -0.890. The van der Waals surface area contributed by atoms with Crippen LogP contribution in [0.4, 0.5) is 5.82 Å². The number of hydrogen-bond donors (Lipinski definition) is 1. The number of carbonyl (C=O) groups excluding carboxylic acids is 1. The highest BCUT2D eigenvalue weighted by atomic mass is 127. The molecule has 2 rings (SSSR count). The lowest BCUT2D eigenvalue weighted by atomic mass is 10.0. The Morgan fingerprint density at radius 2 is 1.32 bits per heavy atom. The van der Waals surface area contributed by atoms with E-state index >= 15 is 0 Å². The third kappa shape index (κ3) is 15.3. The van der Waals surface area contributed by atoms with Gasteiger partial charge >= 0.3 is 0 Å². The Kier molecular flexibility index (Phi) is 18.3. The molecular formula is C31H55IN4O. The average molecular weight is 627 g/mol. The molecule has 1 aliphatic heterocycles. The lowest BCUT2D eigenvalue weighted by Gasteiger charge is -2.36. The smallest absolute Gasteiger partial charge is 0.252 e. The van der Waals surface area contributed by atoms with Crippen molar-refractivity contribution in [2.24, 2.45) is 5.92 Å². The van der Waals surface area contributed by atoms with E-state index in [1.165, 1.54) is 101 Å². The number of piperazine rings is 1. The van der Waals surface area contributed by atoms with Gasteiger partial charge in [-0.25, -0.2) is 4.98 Å². The van der Waals surface area contributed by atoms with Crippen molar-refractivity contribution in [1.82, 2.24) is 15.2 Å². The van der Waals surface area contributed by atoms with Crippen LogP contribution in [0.1, 0.15) is 121 Å². The summed E-state index contributed by atoms with van der Waals surface area (Å²) in [5.41, 5.74) is 0.665. The number of nitrogens with one attached hydrogen (secondary N) is 1. The number of carbonyl (C=O) groups is 1. The number of rotatable bonds is 21. The monoisotopic (exact) mass is 626 g/mol. The Labute approximate surface area is 242 Å². The van der Waals surface area contributed by atoms with E-state index in [0.717, 1.165) is 45.0 Å². The minimum absolute atomic E-state index is 0.00133. The number of nitrogens with zero attached hydrogens (tertiary/aromatic N) is 3. The second-order valence-corrected chi connectivity index (χ2v) is 12.4. The maximum atomic E-state index is 12.5. The minimum atomic E-state index is 0.00133. The molecule has 0 radical (unpaired) electrons. The third-order valence-electron chi connectivity index (χ3n) is 7.43. The summed E-state index contributed by atoms with van der Waals surface area (Å²) in [5.74, 6) is 1.70. The van der Waals surface area contributed by atoms with Gasteiger partial charge in [0.1, 0.15) is 5.82 Å². The van der Waals surface area contributed by atoms with E-state index in [-0.39, 0.29) is 5.91 Å². The van der Waals surface area contributed by atoms with Crippen LogP contribution in [0.25, 0.3) is 0 Å². The zero-order valence-electron chi connectivity index (χ0n) is 24.0. The SMILES string of the molecule is CC(C)CN1CCN(c2ccc(C(=O)NCCCCCCCCCCCCCCCCCI)cn2)CC1. The van der Waals surface area contributed by atoms with Crippen molar-refractivity contribution < 1.29 is 4.79 Å². The summed E-state index contributed by atoms with van der Waals surface area (Å²) in [6, 6.07) is 3.92. The van der Waals surface area contributed by atoms with Gasteiger partial charge in [0.05, 0.1) is 5.56 Å². The zero-order chi connectivity index (χ0) is 26.6. The van der Waals surface area contributed by atoms with Crippen LogP contribution >= 0.6 is 22.6 Å². The number of anilines is 1. The molecule has 2 heterocycles. The fourth-order valence-corrected chi connectivity index (χ4v) is 5.74. The van der Waals surface area contributed by atoms with Crippen LogP contribution in [0.15, 0.2) is 18.3 Å². The molecule has 5 nitrogen and oxygen atoms in total. The van der Waals surface area contributed by atoms with Crippen LogP contribution in [0.2, 0.25) is 0 Å². The summed E-state index contributed by atoms with van der Waals surface area (Å²) in [4.78, 5) is 21.9. The van der Waals surface area contributed by atoms with E-state index in [9.17, 15) is 4.79 Å². The van der Waals surface area contributed by atoms with Crippen LogP contribution in [-0.4, -0.2) is 59.5 Å². The van der Waals surface area contributed by atoms with E-state index < -0.39 is 0 Å². The fourth-order valence-electron chi connectivity index (χ4n) is 5.20. The van der Waals surface area contributed by atoms with Gasteiger partial charge in [0.2, 0.25) is 0 Å². The Morgan fingerprint density at radius 3 is 1.78 bits per heavy atom. The Morgan fingerprint density at radius 1 is 0.811 bits per heavy atom. The normalized spacial score (nSPS) is 14.4. The lowest BCUT2D eigenvalue weighted by Crippen LogP contribution is -2.47. The number of hydrogen-bond acceptors (Lipinski definition) is 4. The second kappa shape index (κ2) is 21.0. The van der Waals surface area contributed by atoms with E-state index in [1.54, 1.807) is 6.20 Å². The van der Waals surface area contributed by atoms with Gasteiger partial charge < -0.3 is 10.2 Å². The zero-order valence-corrected chi connectivity index (χ0v) is 26.2. The van der Waals surface area contributed by atoms with Crippen LogP contribution in [0.5, 0.6) is 0 Å². The Bertz CT molecular complexity index is 689. The molecule has 0 spiro atoms. The van der Waals surface area contributed by atoms with E-state index in [2.05, 4.69) is 56.5 Å². The maximum absolute atomic E-state index is 12.5. The van der Waals surface area contributed by atoms with Crippen molar-refractivity contribution in [3.63, 3.8) is 0 Å².